The van der Waals surface area contributed by atoms with Gasteiger partial charge in [0.05, 0.1) is 0 Å². The van der Waals surface area contributed by atoms with Crippen LogP contribution >= 0.6 is 0 Å². The van der Waals surface area contributed by atoms with Gasteiger partial charge in [-0.15, -0.1) is 0 Å². The van der Waals surface area contributed by atoms with Crippen molar-refractivity contribution in [1.29, 1.82) is 0 Å². The second kappa shape index (κ2) is 12.7. The molecule has 2 nitrogen and oxygen atoms in total. The van der Waals surface area contributed by atoms with Gasteiger partial charge >= 0.3 is 0 Å². The first-order chi connectivity index (χ1) is 9.02. The Balaban J connectivity index is 3.18. The lowest BCUT2D eigenvalue weighted by molar-refractivity contribution is -0.119. The average Bonchev–Trinajstić information content (AvgIpc) is 2.31. The number of ketones is 1. The van der Waals surface area contributed by atoms with Crippen LogP contribution in [0, 0.1) is 5.92 Å². The van der Waals surface area contributed by atoms with Crippen LogP contribution in [-0.4, -0.2) is 18.4 Å². The van der Waals surface area contributed by atoms with E-state index in [1.165, 1.54) is 32.1 Å². The minimum Gasteiger partial charge on any atom is -0.315 e. The molecule has 0 radical (unpaired) electrons. The first kappa shape index (κ1) is 18.6. The number of Topliss-reactive ketones (excluding diaryl/α,β-unsaturated/α-hetero) is 1. The lowest BCUT2D eigenvalue weighted by Crippen LogP contribution is -2.23. The molecule has 0 unspecified atom stereocenters. The predicted molar refractivity (Wildman–Crippen MR) is 84.5 cm³/mol. The lowest BCUT2D eigenvalue weighted by Gasteiger charge is -2.07. The van der Waals surface area contributed by atoms with Crippen LogP contribution in [0.1, 0.15) is 85.5 Å². The normalized spacial score (nSPS) is 11.5. The zero-order valence-corrected chi connectivity index (χ0v) is 13.6. The molecule has 0 aromatic rings. The SMILES string of the molecule is CC(C)CCCC(=O)CCCCCCCNC(C)C. The Morgan fingerprint density at radius 3 is 2.05 bits per heavy atom. The van der Waals surface area contributed by atoms with Crippen LogP contribution in [0.3, 0.4) is 0 Å². The van der Waals surface area contributed by atoms with Crippen molar-refractivity contribution >= 4 is 5.78 Å². The summed E-state index contributed by atoms with van der Waals surface area (Å²) in [5.74, 6) is 1.20. The molecule has 0 atom stereocenters. The first-order valence-electron chi connectivity index (χ1n) is 8.27. The molecular weight excluding hydrogens is 234 g/mol. The second-order valence-corrected chi connectivity index (χ2v) is 6.45. The number of rotatable bonds is 13. The molecule has 114 valence electrons. The van der Waals surface area contributed by atoms with Crippen molar-refractivity contribution in [3.05, 3.63) is 0 Å². The summed E-state index contributed by atoms with van der Waals surface area (Å²) in [6, 6.07) is 0.600. The van der Waals surface area contributed by atoms with Crippen molar-refractivity contribution in [2.24, 2.45) is 5.92 Å². The first-order valence-corrected chi connectivity index (χ1v) is 8.27. The van der Waals surface area contributed by atoms with Gasteiger partial charge in [0, 0.05) is 18.9 Å². The summed E-state index contributed by atoms with van der Waals surface area (Å²) < 4.78 is 0. The third-order valence-electron chi connectivity index (χ3n) is 3.42. The largest absolute Gasteiger partial charge is 0.315 e. The summed E-state index contributed by atoms with van der Waals surface area (Å²) in [5.41, 5.74) is 0. The van der Waals surface area contributed by atoms with Crippen LogP contribution in [0.2, 0.25) is 0 Å². The molecule has 0 rings (SSSR count). The molecular formula is C17H35NO. The Labute approximate surface area is 120 Å². The van der Waals surface area contributed by atoms with E-state index in [-0.39, 0.29) is 0 Å². The van der Waals surface area contributed by atoms with Crippen molar-refractivity contribution < 1.29 is 4.79 Å². The average molecular weight is 269 g/mol. The number of unbranched alkanes of at least 4 members (excludes halogenated alkanes) is 4. The predicted octanol–water partition coefficient (Wildman–Crippen LogP) is 4.72. The van der Waals surface area contributed by atoms with E-state index in [1.807, 2.05) is 0 Å². The molecule has 0 aromatic carbocycles. The second-order valence-electron chi connectivity index (χ2n) is 6.45. The van der Waals surface area contributed by atoms with Crippen molar-refractivity contribution in [2.45, 2.75) is 91.5 Å². The highest BCUT2D eigenvalue weighted by molar-refractivity contribution is 5.78. The van der Waals surface area contributed by atoms with Crippen molar-refractivity contribution in [3.63, 3.8) is 0 Å². The van der Waals surface area contributed by atoms with Gasteiger partial charge in [0.25, 0.3) is 0 Å². The van der Waals surface area contributed by atoms with Gasteiger partial charge in [0.1, 0.15) is 5.78 Å². The number of hydrogen-bond donors (Lipinski definition) is 1. The quantitative estimate of drug-likeness (QED) is 0.490. The summed E-state index contributed by atoms with van der Waals surface area (Å²) >= 11 is 0. The van der Waals surface area contributed by atoms with Crippen LogP contribution in [0.25, 0.3) is 0 Å². The molecule has 0 bridgehead atoms. The summed E-state index contributed by atoms with van der Waals surface area (Å²) in [6.07, 6.45) is 10.0. The van der Waals surface area contributed by atoms with E-state index in [4.69, 9.17) is 0 Å². The summed E-state index contributed by atoms with van der Waals surface area (Å²) in [4.78, 5) is 11.6. The fourth-order valence-electron chi connectivity index (χ4n) is 2.20. The van der Waals surface area contributed by atoms with E-state index < -0.39 is 0 Å². The summed E-state index contributed by atoms with van der Waals surface area (Å²) in [7, 11) is 0. The Kier molecular flexibility index (Phi) is 12.4. The van der Waals surface area contributed by atoms with Gasteiger partial charge in [0.2, 0.25) is 0 Å². The van der Waals surface area contributed by atoms with Gasteiger partial charge in [0.15, 0.2) is 0 Å². The molecule has 0 aliphatic rings. The molecule has 2 heteroatoms. The summed E-state index contributed by atoms with van der Waals surface area (Å²) in [5, 5.41) is 3.43. The molecule has 0 saturated carbocycles. The van der Waals surface area contributed by atoms with Gasteiger partial charge < -0.3 is 5.32 Å². The number of carbonyl (C=O) groups is 1. The molecule has 0 aromatic heterocycles. The van der Waals surface area contributed by atoms with Gasteiger partial charge in [-0.3, -0.25) is 4.79 Å². The van der Waals surface area contributed by atoms with E-state index in [0.29, 0.717) is 11.8 Å². The Morgan fingerprint density at radius 1 is 0.842 bits per heavy atom. The monoisotopic (exact) mass is 269 g/mol. The van der Waals surface area contributed by atoms with E-state index in [9.17, 15) is 4.79 Å². The molecule has 0 aliphatic heterocycles. The maximum Gasteiger partial charge on any atom is 0.132 e. The van der Waals surface area contributed by atoms with Gasteiger partial charge in [-0.05, 0) is 31.7 Å². The van der Waals surface area contributed by atoms with Crippen molar-refractivity contribution in [1.82, 2.24) is 5.32 Å². The fraction of sp³-hybridized carbons (Fsp3) is 0.941. The molecule has 0 amide bonds. The Bertz CT molecular complexity index is 211. The highest BCUT2D eigenvalue weighted by atomic mass is 16.1. The third kappa shape index (κ3) is 15.6. The van der Waals surface area contributed by atoms with Gasteiger partial charge in [-0.1, -0.05) is 53.4 Å². The number of hydrogen-bond acceptors (Lipinski definition) is 2. The maximum atomic E-state index is 11.6. The third-order valence-corrected chi connectivity index (χ3v) is 3.42. The zero-order chi connectivity index (χ0) is 14.5. The highest BCUT2D eigenvalue weighted by Gasteiger charge is 2.02. The molecule has 0 saturated heterocycles. The maximum absolute atomic E-state index is 11.6. The van der Waals surface area contributed by atoms with Crippen LogP contribution in [0.4, 0.5) is 0 Å². The fourth-order valence-corrected chi connectivity index (χ4v) is 2.20. The van der Waals surface area contributed by atoms with Crippen LogP contribution in [0.15, 0.2) is 0 Å². The number of nitrogens with one attached hydrogen (secondary N) is 1. The molecule has 0 fully saturated rings. The van der Waals surface area contributed by atoms with Crippen molar-refractivity contribution in [2.75, 3.05) is 6.54 Å². The van der Waals surface area contributed by atoms with Crippen LogP contribution in [0.5, 0.6) is 0 Å². The standard InChI is InChI=1S/C17H35NO/c1-15(2)11-10-13-17(19)12-8-6-5-7-9-14-18-16(3)4/h15-16,18H,5-14H2,1-4H3. The zero-order valence-electron chi connectivity index (χ0n) is 13.6. The van der Waals surface area contributed by atoms with E-state index in [0.717, 1.165) is 38.1 Å². The van der Waals surface area contributed by atoms with Crippen molar-refractivity contribution in [3.8, 4) is 0 Å². The molecule has 0 heterocycles. The molecule has 19 heavy (non-hydrogen) atoms. The topological polar surface area (TPSA) is 29.1 Å². The lowest BCUT2D eigenvalue weighted by atomic mass is 10.0. The Morgan fingerprint density at radius 2 is 1.42 bits per heavy atom. The Hall–Kier alpha value is -0.370. The van der Waals surface area contributed by atoms with E-state index in [1.54, 1.807) is 0 Å². The number of carbonyl (C=O) groups excluding carboxylic acids is 1. The summed E-state index contributed by atoms with van der Waals surface area (Å²) in [6.45, 7) is 9.94. The van der Waals surface area contributed by atoms with Gasteiger partial charge in [-0.2, -0.15) is 0 Å². The van der Waals surface area contributed by atoms with Gasteiger partial charge in [-0.25, -0.2) is 0 Å². The minimum absolute atomic E-state index is 0.474. The van der Waals surface area contributed by atoms with E-state index in [2.05, 4.69) is 33.0 Å². The molecule has 1 N–H and O–H groups in total. The molecule has 0 spiro atoms. The molecule has 0 aliphatic carbocycles. The van der Waals surface area contributed by atoms with E-state index >= 15 is 0 Å². The minimum atomic E-state index is 0.474. The van der Waals surface area contributed by atoms with Crippen LogP contribution < -0.4 is 5.32 Å². The van der Waals surface area contributed by atoms with Crippen LogP contribution in [-0.2, 0) is 4.79 Å². The highest BCUT2D eigenvalue weighted by Crippen LogP contribution is 2.10. The smallest absolute Gasteiger partial charge is 0.132 e.